The SMILES string of the molecule is CCOC(=O)C1CCC(NC(=NC)NC2C3CCCOC3C2(C)C)CC1.I. The van der Waals surface area contributed by atoms with Crippen molar-refractivity contribution in [1.29, 1.82) is 0 Å². The Labute approximate surface area is 180 Å². The van der Waals surface area contributed by atoms with E-state index in [-0.39, 0.29) is 41.3 Å². The second kappa shape index (κ2) is 9.76. The molecule has 1 heterocycles. The van der Waals surface area contributed by atoms with E-state index in [4.69, 9.17) is 9.47 Å². The van der Waals surface area contributed by atoms with Gasteiger partial charge in [0.05, 0.1) is 18.6 Å². The van der Waals surface area contributed by atoms with Gasteiger partial charge in [-0.3, -0.25) is 9.79 Å². The Morgan fingerprint density at radius 1 is 1.19 bits per heavy atom. The zero-order valence-electron chi connectivity index (χ0n) is 17.1. The van der Waals surface area contributed by atoms with Crippen molar-refractivity contribution in [3.8, 4) is 0 Å². The number of ether oxygens (including phenoxy) is 2. The maximum absolute atomic E-state index is 11.9. The third-order valence-electron chi connectivity index (χ3n) is 6.53. The van der Waals surface area contributed by atoms with E-state index in [0.717, 1.165) is 44.7 Å². The van der Waals surface area contributed by atoms with Gasteiger partial charge in [0.1, 0.15) is 0 Å². The van der Waals surface area contributed by atoms with Crippen LogP contribution in [0.25, 0.3) is 0 Å². The summed E-state index contributed by atoms with van der Waals surface area (Å²) in [5.74, 6) is 1.49. The average molecular weight is 493 g/mol. The first-order chi connectivity index (χ1) is 12.5. The van der Waals surface area contributed by atoms with E-state index < -0.39 is 0 Å². The van der Waals surface area contributed by atoms with Crippen molar-refractivity contribution in [3.63, 3.8) is 0 Å². The topological polar surface area (TPSA) is 72.0 Å². The lowest BCUT2D eigenvalue weighted by atomic mass is 9.55. The number of nitrogens with zero attached hydrogens (tertiary/aromatic N) is 1. The van der Waals surface area contributed by atoms with Gasteiger partial charge in [-0.05, 0) is 45.4 Å². The van der Waals surface area contributed by atoms with Crippen LogP contribution < -0.4 is 10.6 Å². The molecule has 3 aliphatic rings. The molecular weight excluding hydrogens is 457 g/mol. The van der Waals surface area contributed by atoms with E-state index in [1.807, 2.05) is 14.0 Å². The number of aliphatic imine (C=N–C) groups is 1. The second-order valence-electron chi connectivity index (χ2n) is 8.56. The number of rotatable bonds is 4. The molecule has 7 heteroatoms. The highest BCUT2D eigenvalue weighted by atomic mass is 127. The summed E-state index contributed by atoms with van der Waals surface area (Å²) in [7, 11) is 1.83. The lowest BCUT2D eigenvalue weighted by molar-refractivity contribution is -0.188. The molecule has 3 atom stereocenters. The lowest BCUT2D eigenvalue weighted by Crippen LogP contribution is -2.71. The fourth-order valence-corrected chi connectivity index (χ4v) is 5.06. The number of carbonyl (C=O) groups excluding carboxylic acids is 1. The highest BCUT2D eigenvalue weighted by Crippen LogP contribution is 2.51. The zero-order chi connectivity index (χ0) is 18.7. The molecule has 3 fully saturated rings. The summed E-state index contributed by atoms with van der Waals surface area (Å²) in [4.78, 5) is 16.3. The Morgan fingerprint density at radius 3 is 2.52 bits per heavy atom. The normalized spacial score (nSPS) is 35.1. The fourth-order valence-electron chi connectivity index (χ4n) is 5.06. The smallest absolute Gasteiger partial charge is 0.308 e. The maximum Gasteiger partial charge on any atom is 0.308 e. The van der Waals surface area contributed by atoms with Gasteiger partial charge in [0, 0.05) is 37.1 Å². The number of hydrogen-bond donors (Lipinski definition) is 2. The van der Waals surface area contributed by atoms with E-state index >= 15 is 0 Å². The minimum Gasteiger partial charge on any atom is -0.466 e. The van der Waals surface area contributed by atoms with Crippen molar-refractivity contribution in [2.75, 3.05) is 20.3 Å². The number of guanidine groups is 1. The molecule has 2 aliphatic carbocycles. The first kappa shape index (κ1) is 22.7. The molecule has 3 unspecified atom stereocenters. The molecule has 0 aromatic carbocycles. The highest BCUT2D eigenvalue weighted by molar-refractivity contribution is 14.0. The fraction of sp³-hybridized carbons (Fsp3) is 0.900. The molecule has 2 saturated carbocycles. The quantitative estimate of drug-likeness (QED) is 0.273. The van der Waals surface area contributed by atoms with Crippen LogP contribution in [0.3, 0.4) is 0 Å². The molecular formula is C20H36IN3O3. The summed E-state index contributed by atoms with van der Waals surface area (Å²) in [6.07, 6.45) is 6.49. The predicted octanol–water partition coefficient (Wildman–Crippen LogP) is 3.09. The number of nitrogens with one attached hydrogen (secondary N) is 2. The summed E-state index contributed by atoms with van der Waals surface area (Å²) in [5, 5.41) is 7.24. The molecule has 3 rings (SSSR count). The van der Waals surface area contributed by atoms with E-state index in [1.54, 1.807) is 0 Å². The molecule has 0 aromatic heterocycles. The van der Waals surface area contributed by atoms with Gasteiger partial charge in [-0.1, -0.05) is 13.8 Å². The number of esters is 1. The maximum atomic E-state index is 11.9. The summed E-state index contributed by atoms with van der Waals surface area (Å²) < 4.78 is 11.2. The van der Waals surface area contributed by atoms with Crippen LogP contribution in [0.1, 0.15) is 59.3 Å². The largest absolute Gasteiger partial charge is 0.466 e. The third kappa shape index (κ3) is 4.89. The van der Waals surface area contributed by atoms with Crippen molar-refractivity contribution in [2.24, 2.45) is 22.2 Å². The standard InChI is InChI=1S/C20H35N3O3.HI/c1-5-25-18(24)13-8-10-14(11-9-13)22-19(21-4)23-16-15-7-6-12-26-17(15)20(16,2)3;/h13-17H,5-12H2,1-4H3,(H2,21,22,23);1H. The third-order valence-corrected chi connectivity index (χ3v) is 6.53. The molecule has 6 nitrogen and oxygen atoms in total. The Bertz CT molecular complexity index is 533. The Hall–Kier alpha value is -0.570. The number of halogens is 1. The van der Waals surface area contributed by atoms with Gasteiger partial charge in [-0.15, -0.1) is 24.0 Å². The molecule has 0 amide bonds. The highest BCUT2D eigenvalue weighted by Gasteiger charge is 2.58. The first-order valence-electron chi connectivity index (χ1n) is 10.3. The Kier molecular flexibility index (Phi) is 8.21. The first-order valence-corrected chi connectivity index (χ1v) is 10.3. The zero-order valence-corrected chi connectivity index (χ0v) is 19.5. The molecule has 1 saturated heterocycles. The second-order valence-corrected chi connectivity index (χ2v) is 8.56. The Morgan fingerprint density at radius 2 is 1.89 bits per heavy atom. The Balaban J connectivity index is 0.00000261. The van der Waals surface area contributed by atoms with Crippen LogP contribution in [0.15, 0.2) is 4.99 Å². The average Bonchev–Trinajstić information content (AvgIpc) is 2.65. The van der Waals surface area contributed by atoms with Gasteiger partial charge < -0.3 is 20.1 Å². The van der Waals surface area contributed by atoms with Crippen LogP contribution in [0.2, 0.25) is 0 Å². The van der Waals surface area contributed by atoms with Crippen LogP contribution in [0.5, 0.6) is 0 Å². The van der Waals surface area contributed by atoms with E-state index in [0.29, 0.717) is 30.7 Å². The molecule has 0 bridgehead atoms. The van der Waals surface area contributed by atoms with Gasteiger partial charge in [0.2, 0.25) is 0 Å². The minimum atomic E-state index is -0.0342. The summed E-state index contributed by atoms with van der Waals surface area (Å²) in [6.45, 7) is 7.80. The molecule has 0 radical (unpaired) electrons. The number of carbonyl (C=O) groups is 1. The van der Waals surface area contributed by atoms with Crippen LogP contribution in [-0.4, -0.2) is 50.4 Å². The van der Waals surface area contributed by atoms with E-state index in [9.17, 15) is 4.79 Å². The van der Waals surface area contributed by atoms with Crippen molar-refractivity contribution in [3.05, 3.63) is 0 Å². The lowest BCUT2D eigenvalue weighted by Gasteiger charge is -2.60. The van der Waals surface area contributed by atoms with Gasteiger partial charge in [0.15, 0.2) is 5.96 Å². The van der Waals surface area contributed by atoms with Crippen LogP contribution in [0, 0.1) is 17.3 Å². The van der Waals surface area contributed by atoms with Crippen molar-refractivity contribution in [1.82, 2.24) is 10.6 Å². The minimum absolute atomic E-state index is 0. The van der Waals surface area contributed by atoms with Gasteiger partial charge in [-0.25, -0.2) is 0 Å². The summed E-state index contributed by atoms with van der Waals surface area (Å²) >= 11 is 0. The molecule has 27 heavy (non-hydrogen) atoms. The summed E-state index contributed by atoms with van der Waals surface area (Å²) in [5.41, 5.74) is 0.129. The van der Waals surface area contributed by atoms with Crippen molar-refractivity contribution < 1.29 is 14.3 Å². The molecule has 156 valence electrons. The molecule has 0 spiro atoms. The van der Waals surface area contributed by atoms with Crippen molar-refractivity contribution >= 4 is 35.9 Å². The van der Waals surface area contributed by atoms with Crippen LogP contribution in [0.4, 0.5) is 0 Å². The van der Waals surface area contributed by atoms with Gasteiger partial charge in [-0.2, -0.15) is 0 Å². The predicted molar refractivity (Wildman–Crippen MR) is 117 cm³/mol. The van der Waals surface area contributed by atoms with Crippen molar-refractivity contribution in [2.45, 2.75) is 77.5 Å². The molecule has 0 aromatic rings. The number of hydrogen-bond acceptors (Lipinski definition) is 4. The van der Waals surface area contributed by atoms with E-state index in [1.165, 1.54) is 6.42 Å². The van der Waals surface area contributed by atoms with Crippen LogP contribution in [-0.2, 0) is 14.3 Å². The molecule has 1 aliphatic heterocycles. The van der Waals surface area contributed by atoms with E-state index in [2.05, 4.69) is 29.5 Å². The summed E-state index contributed by atoms with van der Waals surface area (Å²) in [6, 6.07) is 0.767. The number of fused-ring (bicyclic) bond motifs is 1. The van der Waals surface area contributed by atoms with Gasteiger partial charge >= 0.3 is 5.97 Å². The molecule has 2 N–H and O–H groups in total. The van der Waals surface area contributed by atoms with Crippen LogP contribution >= 0.6 is 24.0 Å². The monoisotopic (exact) mass is 493 g/mol. The van der Waals surface area contributed by atoms with Gasteiger partial charge in [0.25, 0.3) is 0 Å².